The van der Waals surface area contributed by atoms with Gasteiger partial charge in [0.05, 0.1) is 22.7 Å². The molecule has 0 aliphatic heterocycles. The number of aromatic nitrogens is 1. The van der Waals surface area contributed by atoms with Crippen LogP contribution in [0.5, 0.6) is 0 Å². The first-order chi connectivity index (χ1) is 14.9. The van der Waals surface area contributed by atoms with Gasteiger partial charge >= 0.3 is 0 Å². The standard InChI is InChI=1S/C24H25F2N3O2/c1-3-12-27-29-14(2)20(18-8-5-9-19(26)21(18)24(29)31)23(30)28-22(15-10-11-15)16-6-4-7-17(25)13-16/h4-9,13,15,22,27H,3,10-12H2,1-2H3,(H,28,30)/t22-/m0/s1/i25-1. The summed E-state index contributed by atoms with van der Waals surface area (Å²) < 4.78 is 29.7. The summed E-state index contributed by atoms with van der Waals surface area (Å²) in [4.78, 5) is 26.4. The molecule has 1 fully saturated rings. The van der Waals surface area contributed by atoms with Crippen LogP contribution in [0.1, 0.15) is 53.8 Å². The van der Waals surface area contributed by atoms with E-state index in [0.717, 1.165) is 19.3 Å². The molecule has 1 heterocycles. The van der Waals surface area contributed by atoms with Crippen molar-refractivity contribution in [1.82, 2.24) is 9.99 Å². The van der Waals surface area contributed by atoms with Gasteiger partial charge in [0, 0.05) is 11.9 Å². The number of fused-ring (bicyclic) bond motifs is 1. The molecule has 0 unspecified atom stereocenters. The Morgan fingerprint density at radius 3 is 2.61 bits per heavy atom. The van der Waals surface area contributed by atoms with E-state index in [-0.39, 0.29) is 34.1 Å². The Morgan fingerprint density at radius 1 is 1.19 bits per heavy atom. The van der Waals surface area contributed by atoms with Crippen LogP contribution in [0.25, 0.3) is 10.8 Å². The van der Waals surface area contributed by atoms with Gasteiger partial charge in [-0.2, -0.15) is 0 Å². The van der Waals surface area contributed by atoms with Gasteiger partial charge in [-0.1, -0.05) is 31.2 Å². The number of halogens is 2. The molecule has 3 aromatic rings. The number of rotatable bonds is 7. The Balaban J connectivity index is 1.81. The van der Waals surface area contributed by atoms with E-state index in [4.69, 9.17) is 0 Å². The lowest BCUT2D eigenvalue weighted by molar-refractivity contribution is 0.0932. The first kappa shape index (κ1) is 21.0. The Kier molecular flexibility index (Phi) is 5.76. The van der Waals surface area contributed by atoms with Gasteiger partial charge in [-0.15, -0.1) is 0 Å². The minimum atomic E-state index is -0.674. The van der Waals surface area contributed by atoms with Crippen molar-refractivity contribution in [2.75, 3.05) is 12.0 Å². The number of carbonyl (C=O) groups excluding carboxylic acids is 1. The first-order valence-corrected chi connectivity index (χ1v) is 10.6. The van der Waals surface area contributed by atoms with Gasteiger partial charge in [0.25, 0.3) is 11.5 Å². The summed E-state index contributed by atoms with van der Waals surface area (Å²) in [6.07, 6.45) is 2.63. The van der Waals surface area contributed by atoms with Crippen LogP contribution in [-0.4, -0.2) is 17.1 Å². The summed E-state index contributed by atoms with van der Waals surface area (Å²) in [7, 11) is 0. The predicted octanol–water partition coefficient (Wildman–Crippen LogP) is 4.42. The molecule has 1 atom stereocenters. The minimum Gasteiger partial charge on any atom is -0.345 e. The first-order valence-electron chi connectivity index (χ1n) is 10.6. The molecular weight excluding hydrogens is 399 g/mol. The Bertz CT molecular complexity index is 1200. The fourth-order valence-electron chi connectivity index (χ4n) is 4.04. The van der Waals surface area contributed by atoms with Crippen molar-refractivity contribution in [2.45, 2.75) is 39.2 Å². The molecule has 2 aromatic carbocycles. The van der Waals surface area contributed by atoms with Crippen LogP contribution < -0.4 is 16.3 Å². The van der Waals surface area contributed by atoms with Crippen molar-refractivity contribution in [1.29, 1.82) is 0 Å². The second-order valence-corrected chi connectivity index (χ2v) is 8.02. The lowest BCUT2D eigenvalue weighted by atomic mass is 9.99. The van der Waals surface area contributed by atoms with Crippen LogP contribution in [0.4, 0.5) is 8.78 Å². The molecule has 1 aliphatic rings. The number of hydrogen-bond acceptors (Lipinski definition) is 3. The molecule has 1 aliphatic carbocycles. The summed E-state index contributed by atoms with van der Waals surface area (Å²) in [5.41, 5.74) is 3.79. The zero-order valence-corrected chi connectivity index (χ0v) is 17.5. The number of hydrogen-bond donors (Lipinski definition) is 2. The summed E-state index contributed by atoms with van der Waals surface area (Å²) in [6, 6.07) is 10.1. The third kappa shape index (κ3) is 4.04. The minimum absolute atomic E-state index is 0.129. The number of nitrogens with one attached hydrogen (secondary N) is 2. The molecule has 2 N–H and O–H groups in total. The highest BCUT2D eigenvalue weighted by molar-refractivity contribution is 6.08. The van der Waals surface area contributed by atoms with Crippen LogP contribution in [-0.2, 0) is 0 Å². The largest absolute Gasteiger partial charge is 0.345 e. The van der Waals surface area contributed by atoms with E-state index in [9.17, 15) is 18.4 Å². The van der Waals surface area contributed by atoms with Crippen molar-refractivity contribution < 1.29 is 13.6 Å². The van der Waals surface area contributed by atoms with Crippen LogP contribution in [0, 0.1) is 24.5 Å². The van der Waals surface area contributed by atoms with Gasteiger partial charge in [0.15, 0.2) is 0 Å². The Morgan fingerprint density at radius 2 is 1.94 bits per heavy atom. The van der Waals surface area contributed by atoms with Crippen molar-refractivity contribution in [3.8, 4) is 0 Å². The summed E-state index contributed by atoms with van der Waals surface area (Å²) in [5, 5.41) is 3.16. The fraction of sp³-hybridized carbons (Fsp3) is 0.333. The fourth-order valence-corrected chi connectivity index (χ4v) is 4.04. The van der Waals surface area contributed by atoms with Crippen LogP contribution in [0.15, 0.2) is 47.3 Å². The zero-order chi connectivity index (χ0) is 22.1. The SMILES string of the molecule is CCCNn1c(C)c(C(=O)N[C@H](c2cccc([18F])c2)C2CC2)c2cccc(F)c2c1=O. The molecule has 1 saturated carbocycles. The van der Waals surface area contributed by atoms with E-state index in [1.165, 1.54) is 28.9 Å². The van der Waals surface area contributed by atoms with Crippen molar-refractivity contribution in [2.24, 2.45) is 5.92 Å². The van der Waals surface area contributed by atoms with E-state index >= 15 is 0 Å². The van der Waals surface area contributed by atoms with E-state index in [1.807, 2.05) is 6.92 Å². The highest BCUT2D eigenvalue weighted by atomic mass is 19.1. The second-order valence-electron chi connectivity index (χ2n) is 8.02. The third-order valence-electron chi connectivity index (χ3n) is 5.73. The van der Waals surface area contributed by atoms with Gasteiger partial charge in [-0.05, 0) is 55.9 Å². The molecule has 5 nitrogen and oxygen atoms in total. The number of pyridine rings is 1. The van der Waals surface area contributed by atoms with Gasteiger partial charge in [0.2, 0.25) is 0 Å². The maximum Gasteiger partial charge on any atom is 0.279 e. The molecule has 1 aromatic heterocycles. The third-order valence-corrected chi connectivity index (χ3v) is 5.73. The molecule has 4 rings (SSSR count). The number of nitrogens with zero attached hydrogens (tertiary/aromatic N) is 1. The highest BCUT2D eigenvalue weighted by Crippen LogP contribution is 2.41. The van der Waals surface area contributed by atoms with Crippen molar-refractivity contribution in [3.63, 3.8) is 0 Å². The zero-order valence-electron chi connectivity index (χ0n) is 17.5. The molecule has 1 amide bonds. The van der Waals surface area contributed by atoms with E-state index < -0.39 is 17.3 Å². The highest BCUT2D eigenvalue weighted by Gasteiger charge is 2.34. The van der Waals surface area contributed by atoms with Gasteiger partial charge in [-0.25, -0.2) is 13.5 Å². The van der Waals surface area contributed by atoms with Crippen LogP contribution in [0.2, 0.25) is 0 Å². The quantitative estimate of drug-likeness (QED) is 0.590. The van der Waals surface area contributed by atoms with Crippen molar-refractivity contribution >= 4 is 16.7 Å². The maximum atomic E-state index is 14.6. The topological polar surface area (TPSA) is 63.1 Å². The normalized spacial score (nSPS) is 14.5. The van der Waals surface area contributed by atoms with Gasteiger partial charge in [-0.3, -0.25) is 9.59 Å². The van der Waals surface area contributed by atoms with Crippen LogP contribution in [0.3, 0.4) is 0 Å². The molecule has 0 radical (unpaired) electrons. The maximum absolute atomic E-state index is 14.6. The lowest BCUT2D eigenvalue weighted by Crippen LogP contribution is -2.37. The number of carbonyl (C=O) groups is 1. The van der Waals surface area contributed by atoms with E-state index in [1.54, 1.807) is 25.1 Å². The molecule has 7 heteroatoms. The molecular formula is C24H25F2N3O2. The van der Waals surface area contributed by atoms with Gasteiger partial charge < -0.3 is 10.7 Å². The molecule has 162 valence electrons. The molecule has 0 bridgehead atoms. The molecule has 0 spiro atoms. The van der Waals surface area contributed by atoms with Gasteiger partial charge in [0.1, 0.15) is 11.6 Å². The Labute approximate surface area is 179 Å². The molecule has 31 heavy (non-hydrogen) atoms. The number of amides is 1. The second kappa shape index (κ2) is 8.49. The predicted molar refractivity (Wildman–Crippen MR) is 117 cm³/mol. The average molecular weight is 424 g/mol. The van der Waals surface area contributed by atoms with E-state index in [0.29, 0.717) is 17.8 Å². The average Bonchev–Trinajstić information content (AvgIpc) is 3.57. The molecule has 0 saturated heterocycles. The lowest BCUT2D eigenvalue weighted by Gasteiger charge is -2.22. The monoisotopic (exact) mass is 424 g/mol. The number of benzene rings is 2. The summed E-state index contributed by atoms with van der Waals surface area (Å²) >= 11 is 0. The van der Waals surface area contributed by atoms with E-state index in [2.05, 4.69) is 10.7 Å². The summed E-state index contributed by atoms with van der Waals surface area (Å²) in [5.74, 6) is -1.23. The van der Waals surface area contributed by atoms with Crippen molar-refractivity contribution in [3.05, 3.63) is 81.3 Å². The smallest absolute Gasteiger partial charge is 0.279 e. The Hall–Kier alpha value is -3.22. The van der Waals surface area contributed by atoms with Crippen LogP contribution >= 0.6 is 0 Å². The summed E-state index contributed by atoms with van der Waals surface area (Å²) in [6.45, 7) is 4.11.